The Bertz CT molecular complexity index is 582. The zero-order chi connectivity index (χ0) is 13.1. The molecule has 0 radical (unpaired) electrons. The van der Waals surface area contributed by atoms with E-state index in [-0.39, 0.29) is 5.91 Å². The molecule has 2 aromatic carbocycles. The lowest BCUT2D eigenvalue weighted by Crippen LogP contribution is -2.11. The van der Waals surface area contributed by atoms with E-state index >= 15 is 0 Å². The van der Waals surface area contributed by atoms with Crippen LogP contribution >= 0.6 is 23.2 Å². The third-order valence-corrected chi connectivity index (χ3v) is 2.96. The first kappa shape index (κ1) is 12.7. The van der Waals surface area contributed by atoms with Crippen molar-refractivity contribution < 1.29 is 4.79 Å². The molecule has 0 saturated heterocycles. The molecule has 3 N–H and O–H groups in total. The fourth-order valence-electron chi connectivity index (χ4n) is 1.43. The molecule has 0 unspecified atom stereocenters. The number of halogens is 2. The van der Waals surface area contributed by atoms with Crippen LogP contribution in [0.2, 0.25) is 10.0 Å². The van der Waals surface area contributed by atoms with Gasteiger partial charge in [-0.25, -0.2) is 0 Å². The Kier molecular flexibility index (Phi) is 3.75. The molecular formula is C13H10Cl2N2O. The molecule has 92 valence electrons. The average molecular weight is 281 g/mol. The Hall–Kier alpha value is -1.71. The highest BCUT2D eigenvalue weighted by Crippen LogP contribution is 2.22. The molecule has 5 heteroatoms. The number of nitrogen functional groups attached to an aromatic ring is 1. The fourth-order valence-corrected chi connectivity index (χ4v) is 1.67. The van der Waals surface area contributed by atoms with Crippen molar-refractivity contribution in [2.75, 3.05) is 11.1 Å². The van der Waals surface area contributed by atoms with Gasteiger partial charge in [0.05, 0.1) is 10.7 Å². The molecule has 0 bridgehead atoms. The van der Waals surface area contributed by atoms with E-state index in [9.17, 15) is 4.79 Å². The number of nitrogens with two attached hydrogens (primary N) is 1. The summed E-state index contributed by atoms with van der Waals surface area (Å²) in [7, 11) is 0. The monoisotopic (exact) mass is 280 g/mol. The third kappa shape index (κ3) is 2.94. The van der Waals surface area contributed by atoms with Crippen LogP contribution in [0.4, 0.5) is 11.4 Å². The van der Waals surface area contributed by atoms with E-state index in [0.717, 1.165) is 0 Å². The van der Waals surface area contributed by atoms with Crippen LogP contribution in [-0.2, 0) is 0 Å². The number of hydrogen-bond acceptors (Lipinski definition) is 2. The lowest BCUT2D eigenvalue weighted by atomic mass is 10.2. The van der Waals surface area contributed by atoms with Gasteiger partial charge in [-0.05, 0) is 42.5 Å². The summed E-state index contributed by atoms with van der Waals surface area (Å²) in [5, 5.41) is 3.77. The van der Waals surface area contributed by atoms with Crippen LogP contribution in [-0.4, -0.2) is 5.91 Å². The van der Waals surface area contributed by atoms with Gasteiger partial charge in [0, 0.05) is 16.3 Å². The quantitative estimate of drug-likeness (QED) is 0.822. The van der Waals surface area contributed by atoms with Crippen molar-refractivity contribution >= 4 is 40.5 Å². The molecule has 0 fully saturated rings. The maximum absolute atomic E-state index is 11.9. The summed E-state index contributed by atoms with van der Waals surface area (Å²) >= 11 is 11.6. The van der Waals surface area contributed by atoms with Crippen LogP contribution in [0.15, 0.2) is 42.5 Å². The SMILES string of the molecule is Nc1cc(NC(=O)c2ccc(Cl)cc2)ccc1Cl. The average Bonchev–Trinajstić information content (AvgIpc) is 2.34. The summed E-state index contributed by atoms with van der Waals surface area (Å²) in [4.78, 5) is 11.9. The van der Waals surface area contributed by atoms with Crippen LogP contribution in [0.1, 0.15) is 10.4 Å². The number of amides is 1. The summed E-state index contributed by atoms with van der Waals surface area (Å²) in [6.45, 7) is 0. The molecule has 2 aromatic rings. The molecule has 1 amide bonds. The predicted octanol–water partition coefficient (Wildman–Crippen LogP) is 3.83. The summed E-state index contributed by atoms with van der Waals surface area (Å²) in [6.07, 6.45) is 0. The number of rotatable bonds is 2. The number of carbonyl (C=O) groups is 1. The number of carbonyl (C=O) groups excluding carboxylic acids is 1. The smallest absolute Gasteiger partial charge is 0.255 e. The standard InChI is InChI=1S/C13H10Cl2N2O/c14-9-3-1-8(2-4-9)13(18)17-10-5-6-11(15)12(16)7-10/h1-7H,16H2,(H,17,18). The molecule has 3 nitrogen and oxygen atoms in total. The Morgan fingerprint density at radius 2 is 1.72 bits per heavy atom. The van der Waals surface area contributed by atoms with Crippen molar-refractivity contribution in [3.05, 3.63) is 58.1 Å². The Balaban J connectivity index is 2.16. The third-order valence-electron chi connectivity index (χ3n) is 2.36. The summed E-state index contributed by atoms with van der Waals surface area (Å²) in [5.74, 6) is -0.228. The highest BCUT2D eigenvalue weighted by molar-refractivity contribution is 6.33. The van der Waals surface area contributed by atoms with Crippen molar-refractivity contribution in [2.24, 2.45) is 0 Å². The van der Waals surface area contributed by atoms with Crippen LogP contribution < -0.4 is 11.1 Å². The van der Waals surface area contributed by atoms with Crippen molar-refractivity contribution in [3.63, 3.8) is 0 Å². The second-order valence-electron chi connectivity index (χ2n) is 3.70. The van der Waals surface area contributed by atoms with E-state index in [1.165, 1.54) is 0 Å². The normalized spacial score (nSPS) is 10.1. The highest BCUT2D eigenvalue weighted by atomic mass is 35.5. The number of benzene rings is 2. The number of nitrogens with one attached hydrogen (secondary N) is 1. The largest absolute Gasteiger partial charge is 0.397 e. The Morgan fingerprint density at radius 1 is 1.06 bits per heavy atom. The van der Waals surface area contributed by atoms with Gasteiger partial charge in [0.1, 0.15) is 0 Å². The Labute approximate surface area is 115 Å². The molecule has 0 heterocycles. The second-order valence-corrected chi connectivity index (χ2v) is 4.54. The van der Waals surface area contributed by atoms with Crippen LogP contribution in [0.3, 0.4) is 0 Å². The van der Waals surface area contributed by atoms with Gasteiger partial charge in [0.25, 0.3) is 5.91 Å². The van der Waals surface area contributed by atoms with Crippen molar-refractivity contribution in [3.8, 4) is 0 Å². The van der Waals surface area contributed by atoms with E-state index in [2.05, 4.69) is 5.32 Å². The minimum absolute atomic E-state index is 0.228. The molecule has 18 heavy (non-hydrogen) atoms. The minimum Gasteiger partial charge on any atom is -0.397 e. The molecule has 2 rings (SSSR count). The zero-order valence-electron chi connectivity index (χ0n) is 9.28. The van der Waals surface area contributed by atoms with Gasteiger partial charge in [-0.1, -0.05) is 23.2 Å². The first-order valence-corrected chi connectivity index (χ1v) is 5.94. The van der Waals surface area contributed by atoms with Crippen LogP contribution in [0, 0.1) is 0 Å². The second kappa shape index (κ2) is 5.29. The molecule has 0 aliphatic rings. The van der Waals surface area contributed by atoms with E-state index < -0.39 is 0 Å². The van der Waals surface area contributed by atoms with E-state index in [0.29, 0.717) is 27.0 Å². The summed E-state index contributed by atoms with van der Waals surface area (Å²) in [6, 6.07) is 11.5. The van der Waals surface area contributed by atoms with E-state index in [4.69, 9.17) is 28.9 Å². The first-order valence-electron chi connectivity index (χ1n) is 5.18. The summed E-state index contributed by atoms with van der Waals surface area (Å²) in [5.41, 5.74) is 7.19. The maximum Gasteiger partial charge on any atom is 0.255 e. The lowest BCUT2D eigenvalue weighted by molar-refractivity contribution is 0.102. The van der Waals surface area contributed by atoms with Crippen LogP contribution in [0.5, 0.6) is 0 Å². The van der Waals surface area contributed by atoms with Gasteiger partial charge in [-0.2, -0.15) is 0 Å². The molecule has 0 atom stereocenters. The van der Waals surface area contributed by atoms with E-state index in [1.807, 2.05) is 0 Å². The van der Waals surface area contributed by atoms with Gasteiger partial charge in [0.15, 0.2) is 0 Å². The molecule has 0 saturated carbocycles. The van der Waals surface area contributed by atoms with Gasteiger partial charge in [-0.3, -0.25) is 4.79 Å². The topological polar surface area (TPSA) is 55.1 Å². The lowest BCUT2D eigenvalue weighted by Gasteiger charge is -2.07. The fraction of sp³-hybridized carbons (Fsp3) is 0. The minimum atomic E-state index is -0.228. The molecule has 0 spiro atoms. The van der Waals surface area contributed by atoms with Gasteiger partial charge >= 0.3 is 0 Å². The Morgan fingerprint density at radius 3 is 2.33 bits per heavy atom. The molecule has 0 aliphatic carbocycles. The van der Waals surface area contributed by atoms with E-state index in [1.54, 1.807) is 42.5 Å². The van der Waals surface area contributed by atoms with Gasteiger partial charge in [-0.15, -0.1) is 0 Å². The van der Waals surface area contributed by atoms with Gasteiger partial charge in [0.2, 0.25) is 0 Å². The first-order chi connectivity index (χ1) is 8.56. The van der Waals surface area contributed by atoms with Crippen molar-refractivity contribution in [2.45, 2.75) is 0 Å². The number of anilines is 2. The molecule has 0 aliphatic heterocycles. The molecular weight excluding hydrogens is 271 g/mol. The molecule has 0 aromatic heterocycles. The maximum atomic E-state index is 11.9. The predicted molar refractivity (Wildman–Crippen MR) is 75.3 cm³/mol. The van der Waals surface area contributed by atoms with Crippen LogP contribution in [0.25, 0.3) is 0 Å². The number of hydrogen-bond donors (Lipinski definition) is 2. The summed E-state index contributed by atoms with van der Waals surface area (Å²) < 4.78 is 0. The van der Waals surface area contributed by atoms with Crippen molar-refractivity contribution in [1.82, 2.24) is 0 Å². The van der Waals surface area contributed by atoms with Crippen molar-refractivity contribution in [1.29, 1.82) is 0 Å². The van der Waals surface area contributed by atoms with Gasteiger partial charge < -0.3 is 11.1 Å². The highest BCUT2D eigenvalue weighted by Gasteiger charge is 2.06. The zero-order valence-corrected chi connectivity index (χ0v) is 10.8.